The number of benzene rings is 1. The second-order valence-corrected chi connectivity index (χ2v) is 6.02. The van der Waals surface area contributed by atoms with Crippen molar-refractivity contribution < 1.29 is 14.3 Å². The molecular formula is C19H15N5O3. The lowest BCUT2D eigenvalue weighted by Crippen LogP contribution is -2.22. The number of methoxy groups -OCH3 is 1. The van der Waals surface area contributed by atoms with Gasteiger partial charge in [0, 0.05) is 11.6 Å². The Balaban J connectivity index is 1.97. The van der Waals surface area contributed by atoms with E-state index in [0.717, 1.165) is 16.5 Å². The van der Waals surface area contributed by atoms with Crippen LogP contribution in [0.1, 0.15) is 22.7 Å². The van der Waals surface area contributed by atoms with Crippen molar-refractivity contribution in [2.75, 3.05) is 7.11 Å². The van der Waals surface area contributed by atoms with Crippen LogP contribution in [0, 0.1) is 11.3 Å². The third kappa shape index (κ3) is 2.66. The summed E-state index contributed by atoms with van der Waals surface area (Å²) in [5.74, 6) is -0.728. The van der Waals surface area contributed by atoms with Crippen molar-refractivity contribution in [1.82, 2.24) is 15.2 Å². The van der Waals surface area contributed by atoms with E-state index in [-0.39, 0.29) is 23.8 Å². The Bertz CT molecular complexity index is 1120. The molecule has 3 aromatic rings. The lowest BCUT2D eigenvalue weighted by molar-refractivity contribution is -0.139. The highest BCUT2D eigenvalue weighted by Gasteiger charge is 2.36. The molecule has 0 aliphatic carbocycles. The molecule has 0 saturated heterocycles. The predicted octanol–water partition coefficient (Wildman–Crippen LogP) is 1.89. The van der Waals surface area contributed by atoms with Gasteiger partial charge in [-0.15, -0.1) is 5.10 Å². The molecule has 0 saturated carbocycles. The summed E-state index contributed by atoms with van der Waals surface area (Å²) in [5.41, 5.74) is 8.98. The predicted molar refractivity (Wildman–Crippen MR) is 95.3 cm³/mol. The number of nitrogens with zero attached hydrogens (tertiary/aromatic N) is 3. The molecule has 0 amide bonds. The van der Waals surface area contributed by atoms with E-state index in [2.05, 4.69) is 21.3 Å². The molecule has 1 aliphatic rings. The largest absolute Gasteiger partial charge is 0.469 e. The van der Waals surface area contributed by atoms with E-state index < -0.39 is 11.9 Å². The highest BCUT2D eigenvalue weighted by Crippen LogP contribution is 2.44. The van der Waals surface area contributed by atoms with Crippen molar-refractivity contribution in [2.24, 2.45) is 5.73 Å². The van der Waals surface area contributed by atoms with Crippen LogP contribution < -0.4 is 10.5 Å². The van der Waals surface area contributed by atoms with E-state index >= 15 is 0 Å². The molecule has 0 unspecified atom stereocenters. The molecule has 27 heavy (non-hydrogen) atoms. The van der Waals surface area contributed by atoms with E-state index in [0.29, 0.717) is 11.3 Å². The maximum Gasteiger partial charge on any atom is 0.311 e. The Morgan fingerprint density at radius 2 is 2.22 bits per heavy atom. The first kappa shape index (κ1) is 16.6. The van der Waals surface area contributed by atoms with E-state index in [1.165, 1.54) is 7.11 Å². The number of nitrogens with two attached hydrogens (primary N) is 1. The van der Waals surface area contributed by atoms with Crippen LogP contribution in [0.2, 0.25) is 0 Å². The Kier molecular flexibility index (Phi) is 3.97. The number of ether oxygens (including phenoxy) is 2. The summed E-state index contributed by atoms with van der Waals surface area (Å²) < 4.78 is 10.3. The number of allylic oxidation sites excluding steroid dienone is 1. The number of esters is 1. The monoisotopic (exact) mass is 361 g/mol. The molecule has 1 aliphatic heterocycles. The van der Waals surface area contributed by atoms with Gasteiger partial charge in [-0.1, -0.05) is 18.2 Å². The number of aromatic amines is 1. The fraction of sp³-hybridized carbons (Fsp3) is 0.158. The maximum atomic E-state index is 11.8. The Hall–Kier alpha value is -3.86. The molecule has 134 valence electrons. The number of hydrogen-bond donors (Lipinski definition) is 2. The maximum absolute atomic E-state index is 11.8. The second kappa shape index (κ2) is 6.46. The van der Waals surface area contributed by atoms with Crippen LogP contribution in [0.3, 0.4) is 0 Å². The Morgan fingerprint density at radius 1 is 1.41 bits per heavy atom. The van der Waals surface area contributed by atoms with Crippen molar-refractivity contribution in [3.63, 3.8) is 0 Å². The molecule has 1 aromatic carbocycles. The van der Waals surface area contributed by atoms with Gasteiger partial charge in [0.1, 0.15) is 11.6 Å². The number of pyridine rings is 1. The number of carbonyl (C=O) groups is 1. The van der Waals surface area contributed by atoms with Gasteiger partial charge in [-0.25, -0.2) is 0 Å². The van der Waals surface area contributed by atoms with Gasteiger partial charge in [0.2, 0.25) is 11.8 Å². The highest BCUT2D eigenvalue weighted by atomic mass is 16.5. The average Bonchev–Trinajstić information content (AvgIpc) is 3.08. The van der Waals surface area contributed by atoms with E-state index in [4.69, 9.17) is 15.2 Å². The summed E-state index contributed by atoms with van der Waals surface area (Å²) in [4.78, 5) is 16.2. The van der Waals surface area contributed by atoms with Crippen LogP contribution in [0.4, 0.5) is 0 Å². The quantitative estimate of drug-likeness (QED) is 0.682. The lowest BCUT2D eigenvalue weighted by atomic mass is 9.82. The van der Waals surface area contributed by atoms with Crippen molar-refractivity contribution in [1.29, 1.82) is 5.26 Å². The summed E-state index contributed by atoms with van der Waals surface area (Å²) in [6, 6.07) is 11.6. The molecule has 2 aromatic heterocycles. The summed E-state index contributed by atoms with van der Waals surface area (Å²) in [6.45, 7) is 0. The van der Waals surface area contributed by atoms with Gasteiger partial charge in [0.15, 0.2) is 0 Å². The molecular weight excluding hydrogens is 346 g/mol. The highest BCUT2D eigenvalue weighted by molar-refractivity contribution is 5.84. The number of hydrogen-bond acceptors (Lipinski definition) is 7. The number of nitriles is 1. The van der Waals surface area contributed by atoms with Crippen LogP contribution in [0.15, 0.2) is 48.0 Å². The van der Waals surface area contributed by atoms with E-state index in [9.17, 15) is 10.1 Å². The Labute approximate surface area is 154 Å². The zero-order valence-corrected chi connectivity index (χ0v) is 14.4. The number of aromatic nitrogens is 3. The van der Waals surface area contributed by atoms with Gasteiger partial charge in [-0.2, -0.15) is 5.26 Å². The fourth-order valence-electron chi connectivity index (χ4n) is 3.34. The number of rotatable bonds is 3. The smallest absolute Gasteiger partial charge is 0.311 e. The van der Waals surface area contributed by atoms with Crippen LogP contribution >= 0.6 is 0 Å². The number of fused-ring (bicyclic) bond motifs is 2. The molecule has 3 N–H and O–H groups in total. The minimum Gasteiger partial charge on any atom is -0.469 e. The zero-order valence-electron chi connectivity index (χ0n) is 14.4. The molecule has 4 rings (SSSR count). The fourth-order valence-corrected chi connectivity index (χ4v) is 3.34. The van der Waals surface area contributed by atoms with Crippen LogP contribution in [-0.4, -0.2) is 28.3 Å². The summed E-state index contributed by atoms with van der Waals surface area (Å²) >= 11 is 0. The summed E-state index contributed by atoms with van der Waals surface area (Å²) in [5, 5.41) is 17.6. The van der Waals surface area contributed by atoms with Gasteiger partial charge in [0.25, 0.3) is 0 Å². The number of H-pyrrole nitrogens is 1. The minimum atomic E-state index is -0.537. The van der Waals surface area contributed by atoms with Gasteiger partial charge in [0.05, 0.1) is 36.2 Å². The van der Waals surface area contributed by atoms with Crippen LogP contribution in [-0.2, 0) is 16.0 Å². The topological polar surface area (TPSA) is 127 Å². The normalized spacial score (nSPS) is 15.8. The van der Waals surface area contributed by atoms with Gasteiger partial charge in [-0.3, -0.25) is 14.9 Å². The van der Waals surface area contributed by atoms with E-state index in [1.54, 1.807) is 6.20 Å². The third-order valence-electron chi connectivity index (χ3n) is 4.56. The standard InChI is InChI=1S/C19H15N5O3/c1-26-15(25)8-14-17-16(12(9-20)18(21)27-19(17)24-23-14)11-6-7-22-13-5-3-2-4-10(11)13/h2-7,16H,8,21H2,1H3,(H,23,24)/t16-/m1/s1. The molecule has 8 nitrogen and oxygen atoms in total. The lowest BCUT2D eigenvalue weighted by Gasteiger charge is -2.24. The first-order chi connectivity index (χ1) is 13.1. The van der Waals surface area contributed by atoms with Gasteiger partial charge < -0.3 is 15.2 Å². The SMILES string of the molecule is COC(=O)Cc1[nH]nc2c1[C@H](c1ccnc3ccccc13)C(C#N)=C(N)O2. The third-order valence-corrected chi connectivity index (χ3v) is 4.56. The first-order valence-electron chi connectivity index (χ1n) is 8.19. The summed E-state index contributed by atoms with van der Waals surface area (Å²) in [7, 11) is 1.31. The summed E-state index contributed by atoms with van der Waals surface area (Å²) in [6.07, 6.45) is 1.65. The zero-order chi connectivity index (χ0) is 19.0. The Morgan fingerprint density at radius 3 is 3.00 bits per heavy atom. The van der Waals surface area contributed by atoms with Crippen molar-refractivity contribution in [3.8, 4) is 11.9 Å². The molecule has 0 bridgehead atoms. The molecule has 8 heteroatoms. The number of carbonyl (C=O) groups excluding carboxylic acids is 1. The molecule has 0 fully saturated rings. The molecule has 0 radical (unpaired) electrons. The number of para-hydroxylation sites is 1. The average molecular weight is 361 g/mol. The molecule has 3 heterocycles. The van der Waals surface area contributed by atoms with Crippen molar-refractivity contribution in [2.45, 2.75) is 12.3 Å². The molecule has 1 atom stereocenters. The van der Waals surface area contributed by atoms with Crippen LogP contribution in [0.5, 0.6) is 5.88 Å². The van der Waals surface area contributed by atoms with Gasteiger partial charge in [-0.05, 0) is 17.7 Å². The minimum absolute atomic E-state index is 0.00740. The first-order valence-corrected chi connectivity index (χ1v) is 8.19. The van der Waals surface area contributed by atoms with Gasteiger partial charge >= 0.3 is 5.97 Å². The van der Waals surface area contributed by atoms with E-state index in [1.807, 2.05) is 30.3 Å². The van der Waals surface area contributed by atoms with Crippen molar-refractivity contribution >= 4 is 16.9 Å². The molecule has 0 spiro atoms. The van der Waals surface area contributed by atoms with Crippen LogP contribution in [0.25, 0.3) is 10.9 Å². The number of nitrogens with one attached hydrogen (secondary N) is 1. The van der Waals surface area contributed by atoms with Crippen molar-refractivity contribution in [3.05, 3.63) is 64.8 Å². The second-order valence-electron chi connectivity index (χ2n) is 6.02.